The van der Waals surface area contributed by atoms with Crippen molar-refractivity contribution >= 4 is 23.2 Å². The highest BCUT2D eigenvalue weighted by Crippen LogP contribution is 2.30. The van der Waals surface area contributed by atoms with Crippen molar-refractivity contribution in [2.45, 2.75) is 20.0 Å². The van der Waals surface area contributed by atoms with Crippen LogP contribution < -0.4 is 15.0 Å². The number of carbonyl (C=O) groups is 2. The maximum absolute atomic E-state index is 13.0. The highest BCUT2D eigenvalue weighted by Gasteiger charge is 2.34. The molecule has 4 rings (SSSR count). The van der Waals surface area contributed by atoms with Crippen LogP contribution >= 0.6 is 0 Å². The average Bonchev–Trinajstić information content (AvgIpc) is 2.64. The number of hydrogen-bond acceptors (Lipinski definition) is 6. The molecule has 3 heterocycles. The smallest absolute Gasteiger partial charge is 0.237 e. The number of aromatic nitrogens is 2. The van der Waals surface area contributed by atoms with Gasteiger partial charge in [-0.15, -0.1) is 0 Å². The zero-order valence-corrected chi connectivity index (χ0v) is 16.6. The number of rotatable bonds is 6. The van der Waals surface area contributed by atoms with Gasteiger partial charge in [-0.2, -0.15) is 10.2 Å². The largest absolute Gasteiger partial charge is 0.487 e. The first-order valence-corrected chi connectivity index (χ1v) is 9.90. The van der Waals surface area contributed by atoms with E-state index in [2.05, 4.69) is 15.5 Å². The number of ether oxygens (including phenoxy) is 1. The molecule has 1 aromatic heterocycles. The first-order valence-electron chi connectivity index (χ1n) is 9.90. The van der Waals surface area contributed by atoms with Gasteiger partial charge in [0.05, 0.1) is 37.1 Å². The molecule has 1 N–H and O–H groups in total. The first-order chi connectivity index (χ1) is 14.0. The second kappa shape index (κ2) is 8.16. The Bertz CT molecular complexity index is 862. The standard InChI is InChI=1S/C21H25N5O3/c1-14(2)20(27)25-12-19(13-25)29-18-5-3-16(4-6-18)26(17-7-8-23-24-11-17)21(28)15-9-22-10-15/h3-8,11,14-15,19,22H,9-10,12-13H2,1-2H3. The molecule has 0 unspecified atom stereocenters. The van der Waals surface area contributed by atoms with E-state index in [0.717, 1.165) is 11.4 Å². The summed E-state index contributed by atoms with van der Waals surface area (Å²) in [6, 6.07) is 9.23. The summed E-state index contributed by atoms with van der Waals surface area (Å²) in [4.78, 5) is 28.4. The zero-order valence-electron chi connectivity index (χ0n) is 16.6. The number of benzene rings is 1. The zero-order chi connectivity index (χ0) is 20.4. The molecule has 2 aliphatic rings. The molecule has 8 nitrogen and oxygen atoms in total. The lowest BCUT2D eigenvalue weighted by atomic mass is 10.0. The number of carbonyl (C=O) groups excluding carboxylic acids is 2. The van der Waals surface area contributed by atoms with Gasteiger partial charge in [-0.1, -0.05) is 13.8 Å². The van der Waals surface area contributed by atoms with Crippen LogP contribution in [0.1, 0.15) is 13.8 Å². The van der Waals surface area contributed by atoms with Crippen molar-refractivity contribution in [3.63, 3.8) is 0 Å². The number of anilines is 2. The van der Waals surface area contributed by atoms with E-state index in [4.69, 9.17) is 4.74 Å². The summed E-state index contributed by atoms with van der Waals surface area (Å²) in [5, 5.41) is 10.9. The van der Waals surface area contributed by atoms with E-state index in [0.29, 0.717) is 31.9 Å². The number of likely N-dealkylation sites (tertiary alicyclic amines) is 1. The minimum absolute atomic E-state index is 0.00623. The van der Waals surface area contributed by atoms with Crippen molar-refractivity contribution in [3.8, 4) is 5.75 Å². The van der Waals surface area contributed by atoms with Gasteiger partial charge < -0.3 is 15.0 Å². The average molecular weight is 395 g/mol. The Morgan fingerprint density at radius 2 is 1.83 bits per heavy atom. The molecule has 2 saturated heterocycles. The molecule has 8 heteroatoms. The van der Waals surface area contributed by atoms with Crippen LogP contribution in [-0.4, -0.2) is 59.2 Å². The predicted octanol–water partition coefficient (Wildman–Crippen LogP) is 1.61. The lowest BCUT2D eigenvalue weighted by molar-refractivity contribution is -0.143. The number of amides is 2. The molecule has 0 radical (unpaired) electrons. The lowest BCUT2D eigenvalue weighted by Crippen LogP contribution is -2.57. The third-order valence-electron chi connectivity index (χ3n) is 5.23. The highest BCUT2D eigenvalue weighted by molar-refractivity contribution is 6.02. The minimum Gasteiger partial charge on any atom is -0.487 e. The van der Waals surface area contributed by atoms with Gasteiger partial charge in [0.15, 0.2) is 0 Å². The van der Waals surface area contributed by atoms with Crippen molar-refractivity contribution in [1.82, 2.24) is 20.4 Å². The van der Waals surface area contributed by atoms with Gasteiger partial charge in [-0.3, -0.25) is 14.5 Å². The fourth-order valence-corrected chi connectivity index (χ4v) is 3.39. The Morgan fingerprint density at radius 3 is 2.38 bits per heavy atom. The van der Waals surface area contributed by atoms with Crippen LogP contribution in [-0.2, 0) is 9.59 Å². The van der Waals surface area contributed by atoms with Gasteiger partial charge in [0.1, 0.15) is 11.9 Å². The molecule has 152 valence electrons. The fraction of sp³-hybridized carbons (Fsp3) is 0.429. The first kappa shape index (κ1) is 19.3. The summed E-state index contributed by atoms with van der Waals surface area (Å²) in [6.45, 7) is 6.40. The van der Waals surface area contributed by atoms with Crippen LogP contribution in [0.4, 0.5) is 11.4 Å². The highest BCUT2D eigenvalue weighted by atomic mass is 16.5. The van der Waals surface area contributed by atoms with Crippen LogP contribution in [0.2, 0.25) is 0 Å². The van der Waals surface area contributed by atoms with E-state index in [1.54, 1.807) is 23.4 Å². The van der Waals surface area contributed by atoms with E-state index >= 15 is 0 Å². The molecule has 2 aliphatic heterocycles. The fourth-order valence-electron chi connectivity index (χ4n) is 3.39. The maximum Gasteiger partial charge on any atom is 0.237 e. The number of nitrogens with one attached hydrogen (secondary N) is 1. The van der Waals surface area contributed by atoms with Gasteiger partial charge in [-0.05, 0) is 30.3 Å². The summed E-state index contributed by atoms with van der Waals surface area (Å²) in [5.74, 6) is 0.879. The molecule has 2 fully saturated rings. The molecule has 0 bridgehead atoms. The van der Waals surface area contributed by atoms with Crippen LogP contribution in [0.25, 0.3) is 0 Å². The molecule has 2 amide bonds. The van der Waals surface area contributed by atoms with Gasteiger partial charge >= 0.3 is 0 Å². The van der Waals surface area contributed by atoms with Gasteiger partial charge in [-0.25, -0.2) is 0 Å². The third kappa shape index (κ3) is 4.07. The molecular formula is C21H25N5O3. The van der Waals surface area contributed by atoms with Crippen molar-refractivity contribution in [1.29, 1.82) is 0 Å². The molecule has 1 aromatic carbocycles. The lowest BCUT2D eigenvalue weighted by Gasteiger charge is -2.40. The number of hydrogen-bond donors (Lipinski definition) is 1. The molecule has 0 atom stereocenters. The summed E-state index contributed by atoms with van der Waals surface area (Å²) >= 11 is 0. The van der Waals surface area contributed by atoms with Crippen LogP contribution in [0.5, 0.6) is 5.75 Å². The SMILES string of the molecule is CC(C)C(=O)N1CC(Oc2ccc(N(C(=O)C3CNC3)c3ccnnc3)cc2)C1. The van der Waals surface area contributed by atoms with E-state index < -0.39 is 0 Å². The van der Waals surface area contributed by atoms with Crippen molar-refractivity contribution < 1.29 is 14.3 Å². The van der Waals surface area contributed by atoms with Gasteiger partial charge in [0.2, 0.25) is 11.8 Å². The molecular weight excluding hydrogens is 370 g/mol. The van der Waals surface area contributed by atoms with Crippen LogP contribution in [0, 0.1) is 11.8 Å². The van der Waals surface area contributed by atoms with Gasteiger partial charge in [0, 0.05) is 24.7 Å². The summed E-state index contributed by atoms with van der Waals surface area (Å²) in [5.41, 5.74) is 1.44. The second-order valence-electron chi connectivity index (χ2n) is 7.76. The Hall–Kier alpha value is -3.00. The summed E-state index contributed by atoms with van der Waals surface area (Å²) in [7, 11) is 0. The summed E-state index contributed by atoms with van der Waals surface area (Å²) < 4.78 is 5.96. The Kier molecular flexibility index (Phi) is 5.44. The minimum atomic E-state index is -0.0430. The third-order valence-corrected chi connectivity index (χ3v) is 5.23. The van der Waals surface area contributed by atoms with Gasteiger partial charge in [0.25, 0.3) is 0 Å². The monoisotopic (exact) mass is 395 g/mol. The van der Waals surface area contributed by atoms with Crippen LogP contribution in [0.15, 0.2) is 42.7 Å². The quantitative estimate of drug-likeness (QED) is 0.800. The molecule has 0 aliphatic carbocycles. The Balaban J connectivity index is 1.44. The van der Waals surface area contributed by atoms with Crippen LogP contribution in [0.3, 0.4) is 0 Å². The summed E-state index contributed by atoms with van der Waals surface area (Å²) in [6.07, 6.45) is 3.17. The van der Waals surface area contributed by atoms with E-state index in [1.165, 1.54) is 0 Å². The predicted molar refractivity (Wildman–Crippen MR) is 108 cm³/mol. The molecule has 29 heavy (non-hydrogen) atoms. The molecule has 2 aromatic rings. The van der Waals surface area contributed by atoms with E-state index in [-0.39, 0.29) is 29.8 Å². The van der Waals surface area contributed by atoms with E-state index in [1.807, 2.05) is 43.0 Å². The second-order valence-corrected chi connectivity index (χ2v) is 7.76. The Labute approximate surface area is 169 Å². The molecule has 0 spiro atoms. The van der Waals surface area contributed by atoms with Crippen molar-refractivity contribution in [2.75, 3.05) is 31.1 Å². The topological polar surface area (TPSA) is 87.7 Å². The Morgan fingerprint density at radius 1 is 1.10 bits per heavy atom. The molecule has 0 saturated carbocycles. The normalized spacial score (nSPS) is 16.9. The van der Waals surface area contributed by atoms with Crippen molar-refractivity contribution in [3.05, 3.63) is 42.7 Å². The van der Waals surface area contributed by atoms with Crippen molar-refractivity contribution in [2.24, 2.45) is 11.8 Å². The van der Waals surface area contributed by atoms with E-state index in [9.17, 15) is 9.59 Å². The number of nitrogens with zero attached hydrogens (tertiary/aromatic N) is 4. The maximum atomic E-state index is 13.0.